The number of nitrogens with two attached hydrogens (primary N) is 1. The van der Waals surface area contributed by atoms with Gasteiger partial charge in [0.1, 0.15) is 17.4 Å². The summed E-state index contributed by atoms with van der Waals surface area (Å²) in [7, 11) is 3.45. The van der Waals surface area contributed by atoms with E-state index in [1.807, 2.05) is 6.07 Å². The van der Waals surface area contributed by atoms with E-state index >= 15 is 0 Å². The lowest BCUT2D eigenvalue weighted by molar-refractivity contribution is 0.265. The average molecular weight is 223 g/mol. The van der Waals surface area contributed by atoms with Crippen LogP contribution in [0.3, 0.4) is 0 Å². The first-order valence-electron chi connectivity index (χ1n) is 4.79. The van der Waals surface area contributed by atoms with Gasteiger partial charge in [-0.25, -0.2) is 4.39 Å². The van der Waals surface area contributed by atoms with Crippen molar-refractivity contribution in [3.8, 4) is 6.07 Å². The highest BCUT2D eigenvalue weighted by Gasteiger charge is 2.18. The number of nitrogens with zero attached hydrogens (tertiary/aromatic N) is 2. The van der Waals surface area contributed by atoms with E-state index in [-0.39, 0.29) is 17.7 Å². The van der Waals surface area contributed by atoms with Crippen LogP contribution >= 0.6 is 0 Å². The highest BCUT2D eigenvalue weighted by molar-refractivity contribution is 5.60. The van der Waals surface area contributed by atoms with E-state index in [1.165, 1.54) is 6.07 Å². The minimum atomic E-state index is -0.802. The van der Waals surface area contributed by atoms with E-state index in [0.717, 1.165) is 0 Å². The molecule has 0 aliphatic heterocycles. The van der Waals surface area contributed by atoms with Crippen LogP contribution in [0.25, 0.3) is 0 Å². The molecule has 0 aromatic heterocycles. The van der Waals surface area contributed by atoms with E-state index in [0.29, 0.717) is 5.69 Å². The van der Waals surface area contributed by atoms with Crippen LogP contribution in [-0.2, 0) is 0 Å². The number of halogens is 1. The molecule has 0 bridgehead atoms. The maximum atomic E-state index is 13.9. The second-order valence-electron chi connectivity index (χ2n) is 3.66. The van der Waals surface area contributed by atoms with Crippen LogP contribution in [0.1, 0.15) is 17.2 Å². The fourth-order valence-corrected chi connectivity index (χ4v) is 1.45. The maximum Gasteiger partial charge on any atom is 0.147 e. The molecule has 3 N–H and O–H groups in total. The predicted octanol–water partition coefficient (Wildman–Crippen LogP) is 0.755. The Hall–Kier alpha value is -1.64. The van der Waals surface area contributed by atoms with Gasteiger partial charge in [-0.15, -0.1) is 0 Å². The molecule has 0 spiro atoms. The number of aliphatic hydroxyl groups excluding tert-OH is 1. The van der Waals surface area contributed by atoms with Crippen molar-refractivity contribution in [3.63, 3.8) is 0 Å². The van der Waals surface area contributed by atoms with Gasteiger partial charge >= 0.3 is 0 Å². The van der Waals surface area contributed by atoms with Crippen LogP contribution in [0.4, 0.5) is 10.1 Å². The molecule has 1 atom stereocenters. The number of anilines is 1. The number of rotatable bonds is 3. The molecule has 1 aromatic rings. The zero-order valence-electron chi connectivity index (χ0n) is 9.24. The highest BCUT2D eigenvalue weighted by atomic mass is 19.1. The monoisotopic (exact) mass is 223 g/mol. The summed E-state index contributed by atoms with van der Waals surface area (Å²) >= 11 is 0. The largest absolute Gasteiger partial charge is 0.394 e. The van der Waals surface area contributed by atoms with E-state index in [9.17, 15) is 4.39 Å². The van der Waals surface area contributed by atoms with Crippen molar-refractivity contribution in [2.45, 2.75) is 6.04 Å². The van der Waals surface area contributed by atoms with Crippen LogP contribution in [0.15, 0.2) is 12.1 Å². The van der Waals surface area contributed by atoms with Crippen molar-refractivity contribution < 1.29 is 9.50 Å². The zero-order valence-corrected chi connectivity index (χ0v) is 9.24. The lowest BCUT2D eigenvalue weighted by atomic mass is 10.0. The van der Waals surface area contributed by atoms with Gasteiger partial charge in [0.25, 0.3) is 0 Å². The summed E-state index contributed by atoms with van der Waals surface area (Å²) in [5.74, 6) is -0.657. The molecule has 0 heterocycles. The third kappa shape index (κ3) is 2.13. The van der Waals surface area contributed by atoms with Crippen LogP contribution in [-0.4, -0.2) is 25.8 Å². The topological polar surface area (TPSA) is 73.3 Å². The van der Waals surface area contributed by atoms with Gasteiger partial charge in [0.05, 0.1) is 18.3 Å². The summed E-state index contributed by atoms with van der Waals surface area (Å²) in [5.41, 5.74) is 6.13. The molecule has 0 amide bonds. The van der Waals surface area contributed by atoms with Gasteiger partial charge in [-0.3, -0.25) is 0 Å². The molecule has 5 heteroatoms. The molecule has 0 aliphatic carbocycles. The lowest BCUT2D eigenvalue weighted by Crippen LogP contribution is -2.18. The summed E-state index contributed by atoms with van der Waals surface area (Å²) in [5, 5.41) is 17.8. The van der Waals surface area contributed by atoms with Crippen LogP contribution in [0.5, 0.6) is 0 Å². The van der Waals surface area contributed by atoms with Crippen molar-refractivity contribution in [2.75, 3.05) is 25.6 Å². The van der Waals surface area contributed by atoms with Crippen molar-refractivity contribution in [3.05, 3.63) is 29.1 Å². The minimum absolute atomic E-state index is 0.0496. The van der Waals surface area contributed by atoms with E-state index in [2.05, 4.69) is 0 Å². The van der Waals surface area contributed by atoms with Crippen LogP contribution < -0.4 is 10.6 Å². The molecular formula is C11H14FN3O. The van der Waals surface area contributed by atoms with Gasteiger partial charge in [-0.1, -0.05) is 6.07 Å². The van der Waals surface area contributed by atoms with Crippen molar-refractivity contribution >= 4 is 5.69 Å². The first-order chi connectivity index (χ1) is 7.52. The molecule has 0 radical (unpaired) electrons. The summed E-state index contributed by atoms with van der Waals surface area (Å²) in [6.07, 6.45) is 0. The van der Waals surface area contributed by atoms with Gasteiger partial charge in [-0.05, 0) is 6.07 Å². The summed E-state index contributed by atoms with van der Waals surface area (Å²) < 4.78 is 13.9. The Morgan fingerprint density at radius 2 is 2.19 bits per heavy atom. The molecule has 0 saturated heterocycles. The van der Waals surface area contributed by atoms with Gasteiger partial charge in [0.2, 0.25) is 0 Å². The molecule has 1 aromatic carbocycles. The molecule has 1 rings (SSSR count). The third-order valence-electron chi connectivity index (χ3n) is 2.34. The fraction of sp³-hybridized carbons (Fsp3) is 0.364. The van der Waals surface area contributed by atoms with Crippen LogP contribution in [0, 0.1) is 17.1 Å². The standard InChI is InChI=1S/C11H14FN3O/c1-15(2)10-4-3-7(9(14)6-16)11(12)8(10)5-13/h3-4,9,16H,6,14H2,1-2H3/t9-/m1/s1. The Kier molecular flexibility index (Phi) is 3.82. The van der Waals surface area contributed by atoms with Gasteiger partial charge < -0.3 is 15.7 Å². The van der Waals surface area contributed by atoms with E-state index < -0.39 is 11.9 Å². The second kappa shape index (κ2) is 4.92. The summed E-state index contributed by atoms with van der Waals surface area (Å²) in [4.78, 5) is 1.65. The van der Waals surface area contributed by atoms with Gasteiger partial charge in [0, 0.05) is 19.7 Å². The molecule has 16 heavy (non-hydrogen) atoms. The average Bonchev–Trinajstić information content (AvgIpc) is 2.27. The molecule has 4 nitrogen and oxygen atoms in total. The molecule has 0 saturated carbocycles. The zero-order chi connectivity index (χ0) is 12.3. The van der Waals surface area contributed by atoms with E-state index in [4.69, 9.17) is 16.1 Å². The first-order valence-corrected chi connectivity index (χ1v) is 4.79. The normalized spacial score (nSPS) is 12.0. The highest BCUT2D eigenvalue weighted by Crippen LogP contribution is 2.26. The Morgan fingerprint density at radius 3 is 2.62 bits per heavy atom. The first kappa shape index (κ1) is 12.4. The number of hydrogen-bond donors (Lipinski definition) is 2. The molecule has 0 unspecified atom stereocenters. The number of benzene rings is 1. The molecule has 0 aliphatic rings. The summed E-state index contributed by atoms with van der Waals surface area (Å²) in [6, 6.07) is 4.12. The quantitative estimate of drug-likeness (QED) is 0.793. The molecule has 86 valence electrons. The number of nitriles is 1. The predicted molar refractivity (Wildman–Crippen MR) is 59.5 cm³/mol. The summed E-state index contributed by atoms with van der Waals surface area (Å²) in [6.45, 7) is -0.358. The Labute approximate surface area is 93.7 Å². The van der Waals surface area contributed by atoms with Crippen molar-refractivity contribution in [1.82, 2.24) is 0 Å². The van der Waals surface area contributed by atoms with Crippen LogP contribution in [0.2, 0.25) is 0 Å². The van der Waals surface area contributed by atoms with Crippen molar-refractivity contribution in [2.24, 2.45) is 5.73 Å². The smallest absolute Gasteiger partial charge is 0.147 e. The Morgan fingerprint density at radius 1 is 1.56 bits per heavy atom. The Bertz CT molecular complexity index is 426. The van der Waals surface area contributed by atoms with Gasteiger partial charge in [0.15, 0.2) is 0 Å². The van der Waals surface area contributed by atoms with Crippen molar-refractivity contribution in [1.29, 1.82) is 5.26 Å². The fourth-order valence-electron chi connectivity index (χ4n) is 1.45. The second-order valence-corrected chi connectivity index (χ2v) is 3.66. The Balaban J connectivity index is 3.36. The van der Waals surface area contributed by atoms with E-state index in [1.54, 1.807) is 25.1 Å². The van der Waals surface area contributed by atoms with Gasteiger partial charge in [-0.2, -0.15) is 5.26 Å². The number of hydrogen-bond acceptors (Lipinski definition) is 4. The SMILES string of the molecule is CN(C)c1ccc([C@H](N)CO)c(F)c1C#N. The minimum Gasteiger partial charge on any atom is -0.394 e. The number of aliphatic hydroxyl groups is 1. The lowest BCUT2D eigenvalue weighted by Gasteiger charge is -2.17. The maximum absolute atomic E-state index is 13.9. The third-order valence-corrected chi connectivity index (χ3v) is 2.34. The molecular weight excluding hydrogens is 209 g/mol. The molecule has 0 fully saturated rings.